The van der Waals surface area contributed by atoms with Gasteiger partial charge in [0, 0.05) is 13.1 Å². The predicted octanol–water partition coefficient (Wildman–Crippen LogP) is 0.375. The van der Waals surface area contributed by atoms with Crippen LogP contribution in [0, 0.1) is 4.91 Å². The zero-order valence-corrected chi connectivity index (χ0v) is 5.75. The van der Waals surface area contributed by atoms with Gasteiger partial charge in [-0.15, -0.1) is 0 Å². The van der Waals surface area contributed by atoms with Crippen LogP contribution in [0.3, 0.4) is 0 Å². The molecule has 0 unspecified atom stereocenters. The van der Waals surface area contributed by atoms with Crippen molar-refractivity contribution in [2.45, 2.75) is 12.8 Å². The van der Waals surface area contributed by atoms with E-state index in [4.69, 9.17) is 0 Å². The molecule has 0 aromatic carbocycles. The number of hydrogen-bond donors (Lipinski definition) is 0. The first-order valence-electron chi connectivity index (χ1n) is 3.41. The average molecular weight is 142 g/mol. The Bertz CT molecular complexity index is 141. The van der Waals surface area contributed by atoms with Gasteiger partial charge in [-0.2, -0.15) is 4.91 Å². The van der Waals surface area contributed by atoms with Crippen molar-refractivity contribution in [3.05, 3.63) is 4.91 Å². The third-order valence-electron chi connectivity index (χ3n) is 1.66. The van der Waals surface area contributed by atoms with Crippen LogP contribution < -0.4 is 0 Å². The summed E-state index contributed by atoms with van der Waals surface area (Å²) in [6, 6.07) is 0. The van der Waals surface area contributed by atoms with Gasteiger partial charge in [-0.05, 0) is 12.8 Å². The van der Waals surface area contributed by atoms with Crippen molar-refractivity contribution in [2.24, 2.45) is 5.18 Å². The van der Waals surface area contributed by atoms with Crippen molar-refractivity contribution in [3.63, 3.8) is 0 Å². The normalized spacial score (nSPS) is 17.4. The van der Waals surface area contributed by atoms with E-state index in [1.807, 2.05) is 0 Å². The van der Waals surface area contributed by atoms with Gasteiger partial charge in [0.25, 0.3) is 0 Å². The SMILES string of the molecule is O=NCC(=O)N1CCCC1. The van der Waals surface area contributed by atoms with Crippen molar-refractivity contribution in [2.75, 3.05) is 19.6 Å². The van der Waals surface area contributed by atoms with E-state index in [1.165, 1.54) is 0 Å². The van der Waals surface area contributed by atoms with Gasteiger partial charge < -0.3 is 4.90 Å². The molecular formula is C6H10N2O2. The predicted molar refractivity (Wildman–Crippen MR) is 36.5 cm³/mol. The fraction of sp³-hybridized carbons (Fsp3) is 0.833. The molecule has 0 radical (unpaired) electrons. The van der Waals surface area contributed by atoms with E-state index in [0.29, 0.717) is 0 Å². The number of nitroso groups, excluding NO2 is 1. The second-order valence-corrected chi connectivity index (χ2v) is 2.38. The van der Waals surface area contributed by atoms with Gasteiger partial charge in [0.1, 0.15) is 0 Å². The van der Waals surface area contributed by atoms with Crippen LogP contribution in [-0.2, 0) is 4.79 Å². The highest BCUT2D eigenvalue weighted by Gasteiger charge is 2.16. The lowest BCUT2D eigenvalue weighted by Crippen LogP contribution is -2.29. The Morgan fingerprint density at radius 3 is 2.50 bits per heavy atom. The standard InChI is InChI=1S/C6H10N2O2/c9-6(5-7-10)8-3-1-2-4-8/h1-5H2. The first-order valence-corrected chi connectivity index (χ1v) is 3.41. The molecular weight excluding hydrogens is 132 g/mol. The number of nitrogens with zero attached hydrogens (tertiary/aromatic N) is 2. The summed E-state index contributed by atoms with van der Waals surface area (Å²) >= 11 is 0. The number of amides is 1. The van der Waals surface area contributed by atoms with Gasteiger partial charge in [0.05, 0.1) is 0 Å². The molecule has 0 aromatic heterocycles. The summed E-state index contributed by atoms with van der Waals surface area (Å²) in [7, 11) is 0. The van der Waals surface area contributed by atoms with Crippen molar-refractivity contribution in [3.8, 4) is 0 Å². The van der Waals surface area contributed by atoms with Gasteiger partial charge in [-0.1, -0.05) is 5.18 Å². The lowest BCUT2D eigenvalue weighted by atomic mass is 10.4. The fourth-order valence-corrected chi connectivity index (χ4v) is 1.12. The summed E-state index contributed by atoms with van der Waals surface area (Å²) in [4.78, 5) is 22.2. The molecule has 1 fully saturated rings. The van der Waals surface area contributed by atoms with Crippen molar-refractivity contribution in [1.82, 2.24) is 4.90 Å². The van der Waals surface area contributed by atoms with Crippen LogP contribution in [0.25, 0.3) is 0 Å². The number of likely N-dealkylation sites (tertiary alicyclic amines) is 1. The van der Waals surface area contributed by atoms with Gasteiger partial charge in [0.2, 0.25) is 5.91 Å². The molecule has 0 atom stereocenters. The maximum Gasteiger partial charge on any atom is 0.247 e. The minimum absolute atomic E-state index is 0.132. The third kappa shape index (κ3) is 1.52. The first kappa shape index (κ1) is 7.18. The minimum Gasteiger partial charge on any atom is -0.341 e. The Kier molecular flexibility index (Phi) is 2.36. The molecule has 1 heterocycles. The molecule has 0 N–H and O–H groups in total. The largest absolute Gasteiger partial charge is 0.341 e. The molecule has 1 rings (SSSR count). The van der Waals surface area contributed by atoms with Crippen molar-refractivity contribution < 1.29 is 4.79 Å². The topological polar surface area (TPSA) is 49.7 Å². The summed E-state index contributed by atoms with van der Waals surface area (Å²) in [6.07, 6.45) is 2.12. The van der Waals surface area contributed by atoms with Gasteiger partial charge in [-0.3, -0.25) is 4.79 Å². The minimum atomic E-state index is -0.194. The lowest BCUT2D eigenvalue weighted by Gasteiger charge is -2.11. The molecule has 1 saturated heterocycles. The second kappa shape index (κ2) is 3.29. The number of carbonyl (C=O) groups is 1. The molecule has 10 heavy (non-hydrogen) atoms. The van der Waals surface area contributed by atoms with Crippen LogP contribution in [0.15, 0.2) is 5.18 Å². The Balaban J connectivity index is 2.32. The number of hydrogen-bond acceptors (Lipinski definition) is 3. The Hall–Kier alpha value is -0.930. The van der Waals surface area contributed by atoms with E-state index >= 15 is 0 Å². The summed E-state index contributed by atoms with van der Waals surface area (Å²) in [5, 5.41) is 2.54. The quantitative estimate of drug-likeness (QED) is 0.523. The maximum absolute atomic E-state index is 10.9. The highest BCUT2D eigenvalue weighted by molar-refractivity contribution is 5.78. The van der Waals surface area contributed by atoms with E-state index in [0.717, 1.165) is 25.9 Å². The molecule has 1 amide bonds. The van der Waals surface area contributed by atoms with Crippen LogP contribution in [0.2, 0.25) is 0 Å². The molecule has 0 saturated carbocycles. The van der Waals surface area contributed by atoms with Gasteiger partial charge in [-0.25, -0.2) is 0 Å². The monoisotopic (exact) mass is 142 g/mol. The summed E-state index contributed by atoms with van der Waals surface area (Å²) in [5.74, 6) is -0.132. The van der Waals surface area contributed by atoms with E-state index in [9.17, 15) is 9.70 Å². The van der Waals surface area contributed by atoms with Gasteiger partial charge in [0.15, 0.2) is 6.54 Å². The lowest BCUT2D eigenvalue weighted by molar-refractivity contribution is -0.128. The smallest absolute Gasteiger partial charge is 0.247 e. The van der Waals surface area contributed by atoms with E-state index in [1.54, 1.807) is 4.90 Å². The zero-order chi connectivity index (χ0) is 7.40. The summed E-state index contributed by atoms with van der Waals surface area (Å²) < 4.78 is 0. The highest BCUT2D eigenvalue weighted by Crippen LogP contribution is 2.06. The molecule has 56 valence electrons. The van der Waals surface area contributed by atoms with E-state index in [2.05, 4.69) is 5.18 Å². The molecule has 1 aliphatic heterocycles. The molecule has 4 nitrogen and oxygen atoms in total. The van der Waals surface area contributed by atoms with Gasteiger partial charge >= 0.3 is 0 Å². The molecule has 0 bridgehead atoms. The molecule has 1 aliphatic rings. The van der Waals surface area contributed by atoms with Crippen LogP contribution >= 0.6 is 0 Å². The zero-order valence-electron chi connectivity index (χ0n) is 5.75. The molecule has 4 heteroatoms. The van der Waals surface area contributed by atoms with Crippen molar-refractivity contribution in [1.29, 1.82) is 0 Å². The fourth-order valence-electron chi connectivity index (χ4n) is 1.12. The van der Waals surface area contributed by atoms with E-state index < -0.39 is 0 Å². The van der Waals surface area contributed by atoms with Crippen LogP contribution in [0.4, 0.5) is 0 Å². The van der Waals surface area contributed by atoms with Crippen LogP contribution in [0.1, 0.15) is 12.8 Å². The first-order chi connectivity index (χ1) is 4.84. The van der Waals surface area contributed by atoms with Crippen LogP contribution in [-0.4, -0.2) is 30.4 Å². The number of rotatable bonds is 2. The maximum atomic E-state index is 10.9. The average Bonchev–Trinajstić information content (AvgIpc) is 2.38. The van der Waals surface area contributed by atoms with Crippen molar-refractivity contribution >= 4 is 5.91 Å². The third-order valence-corrected chi connectivity index (χ3v) is 1.66. The molecule has 0 aromatic rings. The molecule has 0 aliphatic carbocycles. The summed E-state index contributed by atoms with van der Waals surface area (Å²) in [6.45, 7) is 1.41. The molecule has 0 spiro atoms. The van der Waals surface area contributed by atoms with Crippen LogP contribution in [0.5, 0.6) is 0 Å². The Labute approximate surface area is 59.2 Å². The number of carbonyl (C=O) groups excluding carboxylic acids is 1. The Morgan fingerprint density at radius 2 is 2.00 bits per heavy atom. The van der Waals surface area contributed by atoms with E-state index in [-0.39, 0.29) is 12.5 Å². The second-order valence-electron chi connectivity index (χ2n) is 2.38. The summed E-state index contributed by atoms with van der Waals surface area (Å²) in [5.41, 5.74) is 0. The Morgan fingerprint density at radius 1 is 1.40 bits per heavy atom. The highest BCUT2D eigenvalue weighted by atomic mass is 16.3.